The maximum atomic E-state index is 12.9. The molecule has 0 aliphatic carbocycles. The average Bonchev–Trinajstić information content (AvgIpc) is 2.80. The molecule has 0 aliphatic heterocycles. The Morgan fingerprint density at radius 3 is 2.52 bits per heavy atom. The van der Waals surface area contributed by atoms with Crippen LogP contribution in [0.2, 0.25) is 10.0 Å². The largest absolute Gasteiger partial charge is 0.272 e. The van der Waals surface area contributed by atoms with E-state index in [9.17, 15) is 4.79 Å². The van der Waals surface area contributed by atoms with Crippen LogP contribution in [-0.2, 0) is 0 Å². The Balaban J connectivity index is 1.66. The molecule has 0 saturated heterocycles. The SMILES string of the molecule is N#Cc1ccc(/C=N/NC(=O)c2cc(-c3ccc(Cl)c(Cl)c3)nc3ccccc23)cc1. The summed E-state index contributed by atoms with van der Waals surface area (Å²) in [4.78, 5) is 17.6. The highest BCUT2D eigenvalue weighted by molar-refractivity contribution is 6.42. The number of benzene rings is 3. The van der Waals surface area contributed by atoms with Crippen LogP contribution in [0.25, 0.3) is 22.2 Å². The third kappa shape index (κ3) is 4.56. The Morgan fingerprint density at radius 2 is 1.77 bits per heavy atom. The van der Waals surface area contributed by atoms with E-state index >= 15 is 0 Å². The zero-order chi connectivity index (χ0) is 21.8. The number of rotatable bonds is 4. The number of pyridine rings is 1. The normalized spacial score (nSPS) is 10.9. The van der Waals surface area contributed by atoms with E-state index in [0.717, 1.165) is 11.1 Å². The van der Waals surface area contributed by atoms with Gasteiger partial charge in [-0.1, -0.05) is 59.6 Å². The van der Waals surface area contributed by atoms with Crippen LogP contribution in [0.1, 0.15) is 21.5 Å². The molecular weight excluding hydrogens is 431 g/mol. The van der Waals surface area contributed by atoms with Crippen molar-refractivity contribution in [3.05, 3.63) is 99.5 Å². The van der Waals surface area contributed by atoms with Crippen LogP contribution < -0.4 is 5.43 Å². The molecule has 0 bridgehead atoms. The second-order valence-corrected chi connectivity index (χ2v) is 7.45. The summed E-state index contributed by atoms with van der Waals surface area (Å²) in [6.45, 7) is 0. The molecule has 0 saturated carbocycles. The lowest BCUT2D eigenvalue weighted by atomic mass is 10.0. The number of nitriles is 1. The molecule has 150 valence electrons. The van der Waals surface area contributed by atoms with Gasteiger partial charge >= 0.3 is 0 Å². The maximum Gasteiger partial charge on any atom is 0.272 e. The van der Waals surface area contributed by atoms with E-state index in [4.69, 9.17) is 28.5 Å². The van der Waals surface area contributed by atoms with Gasteiger partial charge in [-0.15, -0.1) is 0 Å². The van der Waals surface area contributed by atoms with Crippen molar-refractivity contribution >= 4 is 46.2 Å². The van der Waals surface area contributed by atoms with E-state index in [2.05, 4.69) is 21.6 Å². The van der Waals surface area contributed by atoms with Gasteiger partial charge in [-0.3, -0.25) is 4.79 Å². The topological polar surface area (TPSA) is 78.1 Å². The van der Waals surface area contributed by atoms with Gasteiger partial charge < -0.3 is 0 Å². The first-order chi connectivity index (χ1) is 15.0. The van der Waals surface area contributed by atoms with Crippen molar-refractivity contribution in [1.29, 1.82) is 5.26 Å². The molecular formula is C24H14Cl2N4O. The third-order valence-corrected chi connectivity index (χ3v) is 5.33. The first kappa shape index (κ1) is 20.5. The molecule has 1 aromatic heterocycles. The van der Waals surface area contributed by atoms with Gasteiger partial charge in [0.1, 0.15) is 0 Å². The number of halogens is 2. The molecule has 0 fully saturated rings. The van der Waals surface area contributed by atoms with Gasteiger partial charge in [-0.25, -0.2) is 10.4 Å². The van der Waals surface area contributed by atoms with E-state index < -0.39 is 0 Å². The molecule has 0 radical (unpaired) electrons. The molecule has 0 unspecified atom stereocenters. The number of hydrazone groups is 1. The first-order valence-electron chi connectivity index (χ1n) is 9.24. The minimum atomic E-state index is -0.371. The van der Waals surface area contributed by atoms with Crippen molar-refractivity contribution < 1.29 is 4.79 Å². The second kappa shape index (κ2) is 8.97. The Morgan fingerprint density at radius 1 is 1.00 bits per heavy atom. The maximum absolute atomic E-state index is 12.9. The van der Waals surface area contributed by atoms with Crippen LogP contribution in [0.5, 0.6) is 0 Å². The zero-order valence-electron chi connectivity index (χ0n) is 16.0. The van der Waals surface area contributed by atoms with Crippen molar-refractivity contribution in [3.63, 3.8) is 0 Å². The second-order valence-electron chi connectivity index (χ2n) is 6.63. The number of fused-ring (bicyclic) bond motifs is 1. The molecule has 31 heavy (non-hydrogen) atoms. The zero-order valence-corrected chi connectivity index (χ0v) is 17.5. The summed E-state index contributed by atoms with van der Waals surface area (Å²) in [5.41, 5.74) is 6.32. The van der Waals surface area contributed by atoms with Crippen molar-refractivity contribution in [2.24, 2.45) is 5.10 Å². The lowest BCUT2D eigenvalue weighted by Crippen LogP contribution is -2.18. The van der Waals surface area contributed by atoms with Crippen LogP contribution in [0.15, 0.2) is 77.9 Å². The van der Waals surface area contributed by atoms with E-state index in [1.807, 2.05) is 24.3 Å². The molecule has 3 aromatic carbocycles. The standard InChI is InChI=1S/C24H14Cl2N4O/c25-20-10-9-17(11-21(20)26)23-12-19(18-3-1-2-4-22(18)29-23)24(31)30-28-14-16-7-5-15(13-27)6-8-16/h1-12,14H,(H,30,31)/b28-14+. The smallest absolute Gasteiger partial charge is 0.267 e. The fraction of sp³-hybridized carbons (Fsp3) is 0. The van der Waals surface area contributed by atoms with Crippen LogP contribution in [0.3, 0.4) is 0 Å². The number of hydrogen-bond acceptors (Lipinski definition) is 4. The Labute approximate surface area is 188 Å². The van der Waals surface area contributed by atoms with Crippen LogP contribution in [0.4, 0.5) is 0 Å². The molecule has 0 spiro atoms. The van der Waals surface area contributed by atoms with Gasteiger partial charge in [0.15, 0.2) is 0 Å². The number of nitrogens with zero attached hydrogens (tertiary/aromatic N) is 3. The van der Waals surface area contributed by atoms with E-state index in [1.54, 1.807) is 48.5 Å². The quantitative estimate of drug-likeness (QED) is 0.317. The fourth-order valence-electron chi connectivity index (χ4n) is 3.04. The number of nitrogens with one attached hydrogen (secondary N) is 1. The van der Waals surface area contributed by atoms with E-state index in [0.29, 0.717) is 37.8 Å². The van der Waals surface area contributed by atoms with Crippen molar-refractivity contribution in [3.8, 4) is 17.3 Å². The first-order valence-corrected chi connectivity index (χ1v) is 9.99. The minimum absolute atomic E-state index is 0.371. The number of hydrogen-bond donors (Lipinski definition) is 1. The van der Waals surface area contributed by atoms with Gasteiger partial charge in [0, 0.05) is 10.9 Å². The summed E-state index contributed by atoms with van der Waals surface area (Å²) in [6, 6.07) is 23.2. The summed E-state index contributed by atoms with van der Waals surface area (Å²) in [5, 5.41) is 14.5. The predicted molar refractivity (Wildman–Crippen MR) is 123 cm³/mol. The molecule has 0 atom stereocenters. The Kier molecular flexibility index (Phi) is 5.94. The summed E-state index contributed by atoms with van der Waals surface area (Å²) in [7, 11) is 0. The number of carbonyl (C=O) groups excluding carboxylic acids is 1. The van der Waals surface area contributed by atoms with Crippen molar-refractivity contribution in [2.45, 2.75) is 0 Å². The lowest BCUT2D eigenvalue weighted by molar-refractivity contribution is 0.0956. The number of carbonyl (C=O) groups is 1. The number of para-hydroxylation sites is 1. The van der Waals surface area contributed by atoms with Gasteiger partial charge in [0.05, 0.1) is 44.7 Å². The van der Waals surface area contributed by atoms with Crippen LogP contribution >= 0.6 is 23.2 Å². The molecule has 5 nitrogen and oxygen atoms in total. The van der Waals surface area contributed by atoms with Crippen LogP contribution in [0, 0.1) is 11.3 Å². The lowest BCUT2D eigenvalue weighted by Gasteiger charge is -2.09. The Hall–Kier alpha value is -3.72. The fourth-order valence-corrected chi connectivity index (χ4v) is 3.33. The minimum Gasteiger partial charge on any atom is -0.267 e. The van der Waals surface area contributed by atoms with Crippen molar-refractivity contribution in [1.82, 2.24) is 10.4 Å². The molecule has 7 heteroatoms. The number of aromatic nitrogens is 1. The highest BCUT2D eigenvalue weighted by atomic mass is 35.5. The Bertz CT molecular complexity index is 1360. The number of amides is 1. The highest BCUT2D eigenvalue weighted by Crippen LogP contribution is 2.30. The van der Waals surface area contributed by atoms with Gasteiger partial charge in [-0.2, -0.15) is 10.4 Å². The summed E-state index contributed by atoms with van der Waals surface area (Å²) >= 11 is 12.2. The summed E-state index contributed by atoms with van der Waals surface area (Å²) in [6.07, 6.45) is 1.52. The van der Waals surface area contributed by atoms with Crippen LogP contribution in [-0.4, -0.2) is 17.1 Å². The predicted octanol–water partition coefficient (Wildman–Crippen LogP) is 5.84. The molecule has 4 aromatic rings. The third-order valence-electron chi connectivity index (χ3n) is 4.60. The van der Waals surface area contributed by atoms with E-state index in [1.165, 1.54) is 6.21 Å². The van der Waals surface area contributed by atoms with Gasteiger partial charge in [0.25, 0.3) is 5.91 Å². The average molecular weight is 445 g/mol. The monoisotopic (exact) mass is 444 g/mol. The molecule has 1 N–H and O–H groups in total. The van der Waals surface area contributed by atoms with Crippen molar-refractivity contribution in [2.75, 3.05) is 0 Å². The molecule has 4 rings (SSSR count). The van der Waals surface area contributed by atoms with Gasteiger partial charge in [0.2, 0.25) is 0 Å². The highest BCUT2D eigenvalue weighted by Gasteiger charge is 2.14. The summed E-state index contributed by atoms with van der Waals surface area (Å²) in [5.74, 6) is -0.371. The molecule has 1 amide bonds. The van der Waals surface area contributed by atoms with E-state index in [-0.39, 0.29) is 5.91 Å². The van der Waals surface area contributed by atoms with Gasteiger partial charge in [-0.05, 0) is 42.0 Å². The molecule has 0 aliphatic rings. The molecule has 1 heterocycles. The summed E-state index contributed by atoms with van der Waals surface area (Å²) < 4.78 is 0.